The van der Waals surface area contributed by atoms with Crippen LogP contribution in [0.15, 0.2) is 23.0 Å². The van der Waals surface area contributed by atoms with Gasteiger partial charge < -0.3 is 15.4 Å². The minimum Gasteiger partial charge on any atom is -0.494 e. The number of unbranched alkanes of at least 4 members (excludes halogenated alkanes) is 1. The summed E-state index contributed by atoms with van der Waals surface area (Å²) in [5.41, 5.74) is 2.90. The Morgan fingerprint density at radius 3 is 2.96 bits per heavy atom. The number of hydrogen-bond acceptors (Lipinski definition) is 4. The van der Waals surface area contributed by atoms with Crippen LogP contribution in [0.2, 0.25) is 5.02 Å². The van der Waals surface area contributed by atoms with Gasteiger partial charge in [0.1, 0.15) is 5.56 Å². The van der Waals surface area contributed by atoms with Gasteiger partial charge in [0.2, 0.25) is 5.88 Å². The van der Waals surface area contributed by atoms with E-state index in [9.17, 15) is 9.90 Å². The van der Waals surface area contributed by atoms with Gasteiger partial charge in [-0.2, -0.15) is 0 Å². The lowest BCUT2D eigenvalue weighted by Crippen LogP contribution is -2.35. The summed E-state index contributed by atoms with van der Waals surface area (Å²) in [6, 6.07) is 5.27. The number of aromatic nitrogens is 3. The van der Waals surface area contributed by atoms with E-state index in [4.69, 9.17) is 23.8 Å². The Labute approximate surface area is 166 Å². The van der Waals surface area contributed by atoms with Crippen molar-refractivity contribution in [3.63, 3.8) is 0 Å². The van der Waals surface area contributed by atoms with E-state index in [-0.39, 0.29) is 16.2 Å². The Morgan fingerprint density at radius 2 is 2.19 bits per heavy atom. The van der Waals surface area contributed by atoms with Gasteiger partial charge in [-0.05, 0) is 48.8 Å². The van der Waals surface area contributed by atoms with Gasteiger partial charge in [0.25, 0.3) is 5.56 Å². The predicted molar refractivity (Wildman–Crippen MR) is 109 cm³/mol. The second-order valence-electron chi connectivity index (χ2n) is 6.85. The van der Waals surface area contributed by atoms with Gasteiger partial charge in [-0.1, -0.05) is 24.9 Å². The van der Waals surface area contributed by atoms with Crippen molar-refractivity contribution in [3.8, 4) is 5.88 Å². The number of halogens is 1. The summed E-state index contributed by atoms with van der Waals surface area (Å²) in [5, 5.41) is 16.0. The van der Waals surface area contributed by atoms with Gasteiger partial charge in [-0.25, -0.2) is 0 Å². The molecule has 0 saturated carbocycles. The van der Waals surface area contributed by atoms with Crippen LogP contribution in [0.1, 0.15) is 42.6 Å². The van der Waals surface area contributed by atoms with E-state index in [2.05, 4.69) is 22.2 Å². The van der Waals surface area contributed by atoms with Crippen molar-refractivity contribution >= 4 is 34.7 Å². The average Bonchev–Trinajstić information content (AvgIpc) is 3.00. The van der Waals surface area contributed by atoms with Crippen molar-refractivity contribution in [2.24, 2.45) is 0 Å². The largest absolute Gasteiger partial charge is 0.494 e. The van der Waals surface area contributed by atoms with Gasteiger partial charge >= 0.3 is 0 Å². The van der Waals surface area contributed by atoms with E-state index in [1.807, 2.05) is 18.2 Å². The molecule has 3 aromatic rings. The maximum atomic E-state index is 12.7. The van der Waals surface area contributed by atoms with Crippen molar-refractivity contribution in [2.75, 3.05) is 6.54 Å². The summed E-state index contributed by atoms with van der Waals surface area (Å²) in [4.78, 5) is 18.8. The molecule has 4 rings (SSSR count). The van der Waals surface area contributed by atoms with Crippen LogP contribution in [0.25, 0.3) is 10.9 Å². The molecule has 3 heterocycles. The third-order valence-electron chi connectivity index (χ3n) is 5.14. The topological polar surface area (TPSA) is 85.8 Å². The van der Waals surface area contributed by atoms with E-state index in [1.165, 1.54) is 0 Å². The lowest BCUT2D eigenvalue weighted by molar-refractivity contribution is 0.382. The minimum atomic E-state index is -0.438. The summed E-state index contributed by atoms with van der Waals surface area (Å²) in [6.07, 6.45) is 2.64. The van der Waals surface area contributed by atoms with E-state index in [0.717, 1.165) is 41.4 Å². The number of rotatable bonds is 4. The number of aromatic amines is 2. The maximum Gasteiger partial charge on any atom is 0.260 e. The number of fused-ring (bicyclic) bond motifs is 3. The predicted octanol–water partition coefficient (Wildman–Crippen LogP) is 3.78. The molecule has 0 radical (unpaired) electrons. The fourth-order valence-electron chi connectivity index (χ4n) is 3.81. The minimum absolute atomic E-state index is 0.0701. The molecule has 2 aromatic heterocycles. The summed E-state index contributed by atoms with van der Waals surface area (Å²) < 4.78 is 1.85. The monoisotopic (exact) mass is 404 g/mol. The highest BCUT2D eigenvalue weighted by Gasteiger charge is 2.30. The third-order valence-corrected chi connectivity index (χ3v) is 5.70. The van der Waals surface area contributed by atoms with Crippen LogP contribution in [-0.2, 0) is 13.0 Å². The van der Waals surface area contributed by atoms with Gasteiger partial charge in [0.15, 0.2) is 4.77 Å². The fraction of sp³-hybridized carbons (Fsp3) is 0.368. The Kier molecular flexibility index (Phi) is 4.84. The standard InChI is InChI=1S/C19H21ClN4O2S/c1-2-3-8-24-18(26)14(17(25)23-19(24)27)16-15-11(6-7-21-16)12-9-10(20)4-5-13(12)22-15/h4-5,9,16,21-22,26H,2-3,6-8H2,1H3,(H,23,25,27)/t16-/m1/s1. The fourth-order valence-corrected chi connectivity index (χ4v) is 4.25. The average molecular weight is 405 g/mol. The zero-order valence-electron chi connectivity index (χ0n) is 14.9. The second-order valence-corrected chi connectivity index (χ2v) is 7.67. The van der Waals surface area contributed by atoms with Crippen LogP contribution in [0.3, 0.4) is 0 Å². The molecule has 0 fully saturated rings. The number of nitrogens with zero attached hydrogens (tertiary/aromatic N) is 1. The summed E-state index contributed by atoms with van der Waals surface area (Å²) in [5.74, 6) is -0.0701. The van der Waals surface area contributed by atoms with Crippen LogP contribution >= 0.6 is 23.8 Å². The summed E-state index contributed by atoms with van der Waals surface area (Å²) in [7, 11) is 0. The molecule has 8 heteroatoms. The Balaban J connectivity index is 1.90. The number of aromatic hydroxyl groups is 1. The molecule has 1 aromatic carbocycles. The molecule has 1 aliphatic rings. The summed E-state index contributed by atoms with van der Waals surface area (Å²) in [6.45, 7) is 3.32. The zero-order chi connectivity index (χ0) is 19.1. The first kappa shape index (κ1) is 18.3. The highest BCUT2D eigenvalue weighted by atomic mass is 35.5. The van der Waals surface area contributed by atoms with E-state index in [0.29, 0.717) is 23.7 Å². The van der Waals surface area contributed by atoms with Gasteiger partial charge in [-0.3, -0.25) is 14.3 Å². The van der Waals surface area contributed by atoms with Crippen molar-refractivity contribution in [2.45, 2.75) is 38.8 Å². The molecular formula is C19H21ClN4O2S. The third kappa shape index (κ3) is 3.09. The van der Waals surface area contributed by atoms with Gasteiger partial charge in [-0.15, -0.1) is 0 Å². The van der Waals surface area contributed by atoms with Crippen LogP contribution in [0.4, 0.5) is 0 Å². The molecule has 4 N–H and O–H groups in total. The van der Waals surface area contributed by atoms with Crippen LogP contribution in [0.5, 0.6) is 5.88 Å². The normalized spacial score (nSPS) is 16.6. The first-order valence-electron chi connectivity index (χ1n) is 9.10. The molecule has 0 aliphatic carbocycles. The first-order chi connectivity index (χ1) is 13.0. The molecule has 27 heavy (non-hydrogen) atoms. The number of nitrogens with one attached hydrogen (secondary N) is 3. The quantitative estimate of drug-likeness (QED) is 0.498. The zero-order valence-corrected chi connectivity index (χ0v) is 16.5. The molecule has 0 unspecified atom stereocenters. The summed E-state index contributed by atoms with van der Waals surface area (Å²) >= 11 is 11.4. The van der Waals surface area contributed by atoms with Crippen molar-refractivity contribution < 1.29 is 5.11 Å². The Bertz CT molecular complexity index is 1130. The molecule has 142 valence electrons. The number of H-pyrrole nitrogens is 2. The molecule has 0 spiro atoms. The van der Waals surface area contributed by atoms with Crippen LogP contribution in [0, 0.1) is 4.77 Å². The van der Waals surface area contributed by atoms with Crippen molar-refractivity contribution in [1.82, 2.24) is 19.9 Å². The molecule has 1 aliphatic heterocycles. The van der Waals surface area contributed by atoms with Gasteiger partial charge in [0.05, 0.1) is 6.04 Å². The second kappa shape index (κ2) is 7.14. The lowest BCUT2D eigenvalue weighted by Gasteiger charge is -2.25. The SMILES string of the molecule is CCCCn1c(O)c([C@H]2NCCc3c2[nH]c2ccc(Cl)cc32)c(=O)[nH]c1=S. The Hall–Kier alpha value is -2.09. The Morgan fingerprint density at radius 1 is 1.37 bits per heavy atom. The highest BCUT2D eigenvalue weighted by Crippen LogP contribution is 2.36. The number of benzene rings is 1. The molecule has 0 amide bonds. The van der Waals surface area contributed by atoms with E-state index >= 15 is 0 Å². The van der Waals surface area contributed by atoms with Crippen molar-refractivity contribution in [3.05, 3.63) is 55.2 Å². The highest BCUT2D eigenvalue weighted by molar-refractivity contribution is 7.71. The van der Waals surface area contributed by atoms with E-state index < -0.39 is 6.04 Å². The molecule has 0 saturated heterocycles. The lowest BCUT2D eigenvalue weighted by atomic mass is 9.95. The molecule has 6 nitrogen and oxygen atoms in total. The molecule has 0 bridgehead atoms. The van der Waals surface area contributed by atoms with Gasteiger partial charge in [0, 0.05) is 34.7 Å². The molecule has 1 atom stereocenters. The maximum absolute atomic E-state index is 12.7. The smallest absolute Gasteiger partial charge is 0.260 e. The van der Waals surface area contributed by atoms with E-state index in [1.54, 1.807) is 4.57 Å². The first-order valence-corrected chi connectivity index (χ1v) is 9.89. The molecular weight excluding hydrogens is 384 g/mol. The van der Waals surface area contributed by atoms with Crippen LogP contribution < -0.4 is 10.9 Å². The van der Waals surface area contributed by atoms with Crippen LogP contribution in [-0.4, -0.2) is 26.2 Å². The number of hydrogen-bond donors (Lipinski definition) is 4. The van der Waals surface area contributed by atoms with Crippen molar-refractivity contribution in [1.29, 1.82) is 0 Å².